The number of carbonyl (C=O) groups excluding carboxylic acids is 1. The van der Waals surface area contributed by atoms with Crippen LogP contribution in [0.15, 0.2) is 22.7 Å². The Bertz CT molecular complexity index is 510. The van der Waals surface area contributed by atoms with Crippen LogP contribution in [0.5, 0.6) is 0 Å². The minimum absolute atomic E-state index is 0.0345. The largest absolute Gasteiger partial charge is 0.481 e. The highest BCUT2D eigenvalue weighted by Crippen LogP contribution is 2.24. The van der Waals surface area contributed by atoms with Crippen molar-refractivity contribution in [3.63, 3.8) is 0 Å². The fraction of sp³-hybridized carbons (Fsp3) is 0.467. The SMILES string of the molecule is Cc1cc(Br)cc(C(=O)N2CCC(CCC(=O)O)C2)c1. The van der Waals surface area contributed by atoms with Crippen molar-refractivity contribution in [2.75, 3.05) is 13.1 Å². The van der Waals surface area contributed by atoms with Gasteiger partial charge in [0.2, 0.25) is 0 Å². The third-order valence-electron chi connectivity index (χ3n) is 3.63. The van der Waals surface area contributed by atoms with Crippen molar-refractivity contribution >= 4 is 27.8 Å². The van der Waals surface area contributed by atoms with E-state index in [9.17, 15) is 9.59 Å². The lowest BCUT2D eigenvalue weighted by molar-refractivity contribution is -0.137. The van der Waals surface area contributed by atoms with Gasteiger partial charge in [0.25, 0.3) is 5.91 Å². The molecule has 20 heavy (non-hydrogen) atoms. The molecule has 108 valence electrons. The van der Waals surface area contributed by atoms with Gasteiger partial charge in [0.1, 0.15) is 0 Å². The van der Waals surface area contributed by atoms with Gasteiger partial charge < -0.3 is 10.0 Å². The lowest BCUT2D eigenvalue weighted by Crippen LogP contribution is -2.28. The number of amides is 1. The van der Waals surface area contributed by atoms with E-state index < -0.39 is 5.97 Å². The number of carbonyl (C=O) groups is 2. The Labute approximate surface area is 126 Å². The van der Waals surface area contributed by atoms with E-state index in [2.05, 4.69) is 15.9 Å². The minimum atomic E-state index is -0.766. The third-order valence-corrected chi connectivity index (χ3v) is 4.09. The van der Waals surface area contributed by atoms with Crippen LogP contribution in [0.2, 0.25) is 0 Å². The van der Waals surface area contributed by atoms with E-state index in [1.165, 1.54) is 0 Å². The number of nitrogens with zero attached hydrogens (tertiary/aromatic N) is 1. The van der Waals surface area contributed by atoms with Crippen LogP contribution in [0.4, 0.5) is 0 Å². The molecule has 0 aliphatic carbocycles. The average molecular weight is 340 g/mol. The molecule has 2 rings (SSSR count). The molecule has 1 amide bonds. The van der Waals surface area contributed by atoms with E-state index in [1.54, 1.807) is 0 Å². The fourth-order valence-corrected chi connectivity index (χ4v) is 3.23. The Hall–Kier alpha value is -1.36. The van der Waals surface area contributed by atoms with Crippen molar-refractivity contribution in [3.05, 3.63) is 33.8 Å². The first kappa shape index (κ1) is 15.0. The molecule has 0 spiro atoms. The first-order valence-electron chi connectivity index (χ1n) is 6.74. The molecular formula is C15H18BrNO3. The van der Waals surface area contributed by atoms with Crippen LogP contribution in [-0.2, 0) is 4.79 Å². The number of likely N-dealkylation sites (tertiary alicyclic amines) is 1. The summed E-state index contributed by atoms with van der Waals surface area (Å²) in [5.74, 6) is -0.423. The van der Waals surface area contributed by atoms with Gasteiger partial charge in [-0.3, -0.25) is 9.59 Å². The Balaban J connectivity index is 1.98. The minimum Gasteiger partial charge on any atom is -0.481 e. The van der Waals surface area contributed by atoms with Gasteiger partial charge in [-0.25, -0.2) is 0 Å². The highest BCUT2D eigenvalue weighted by Gasteiger charge is 2.27. The summed E-state index contributed by atoms with van der Waals surface area (Å²) in [6.07, 6.45) is 1.73. The Morgan fingerprint density at radius 3 is 2.80 bits per heavy atom. The van der Waals surface area contributed by atoms with Crippen LogP contribution in [0.25, 0.3) is 0 Å². The van der Waals surface area contributed by atoms with Crippen molar-refractivity contribution < 1.29 is 14.7 Å². The summed E-state index contributed by atoms with van der Waals surface area (Å²) < 4.78 is 0.905. The van der Waals surface area contributed by atoms with E-state index in [-0.39, 0.29) is 12.3 Å². The highest BCUT2D eigenvalue weighted by molar-refractivity contribution is 9.10. The number of hydrogen-bond acceptors (Lipinski definition) is 2. The van der Waals surface area contributed by atoms with Gasteiger partial charge in [-0.15, -0.1) is 0 Å². The molecule has 1 aliphatic heterocycles. The summed E-state index contributed by atoms with van der Waals surface area (Å²) in [5, 5.41) is 8.70. The Morgan fingerprint density at radius 2 is 2.15 bits per heavy atom. The first-order chi connectivity index (χ1) is 9.45. The predicted molar refractivity (Wildman–Crippen MR) is 79.8 cm³/mol. The van der Waals surface area contributed by atoms with Crippen molar-refractivity contribution in [2.45, 2.75) is 26.2 Å². The molecule has 1 aromatic carbocycles. The summed E-state index contributed by atoms with van der Waals surface area (Å²) in [5.41, 5.74) is 1.74. The highest BCUT2D eigenvalue weighted by atomic mass is 79.9. The summed E-state index contributed by atoms with van der Waals surface area (Å²) >= 11 is 3.41. The predicted octanol–water partition coefficient (Wildman–Crippen LogP) is 3.08. The molecule has 1 unspecified atom stereocenters. The lowest BCUT2D eigenvalue weighted by atomic mass is 10.0. The number of rotatable bonds is 4. The molecule has 0 radical (unpaired) electrons. The second-order valence-electron chi connectivity index (χ2n) is 5.36. The smallest absolute Gasteiger partial charge is 0.303 e. The normalized spacial score (nSPS) is 18.3. The van der Waals surface area contributed by atoms with Gasteiger partial charge in [-0.2, -0.15) is 0 Å². The number of carboxylic acids is 1. The molecule has 1 saturated heterocycles. The van der Waals surface area contributed by atoms with Crippen molar-refractivity contribution in [1.29, 1.82) is 0 Å². The second kappa shape index (κ2) is 6.39. The zero-order valence-electron chi connectivity index (χ0n) is 11.4. The van der Waals surface area contributed by atoms with Gasteiger partial charge >= 0.3 is 5.97 Å². The molecule has 0 aromatic heterocycles. The molecule has 4 nitrogen and oxygen atoms in total. The molecule has 0 saturated carbocycles. The van der Waals surface area contributed by atoms with Crippen molar-refractivity contribution in [3.8, 4) is 0 Å². The van der Waals surface area contributed by atoms with Crippen molar-refractivity contribution in [1.82, 2.24) is 4.90 Å². The molecule has 5 heteroatoms. The Kier molecular flexibility index (Phi) is 4.81. The molecular weight excluding hydrogens is 322 g/mol. The number of halogens is 1. The quantitative estimate of drug-likeness (QED) is 0.916. The summed E-state index contributed by atoms with van der Waals surface area (Å²) in [4.78, 5) is 24.8. The van der Waals surface area contributed by atoms with Crippen LogP contribution in [0, 0.1) is 12.8 Å². The number of aliphatic carboxylic acids is 1. The van der Waals surface area contributed by atoms with Crippen LogP contribution < -0.4 is 0 Å². The molecule has 1 fully saturated rings. The van der Waals surface area contributed by atoms with Crippen LogP contribution >= 0.6 is 15.9 Å². The average Bonchev–Trinajstić information content (AvgIpc) is 2.83. The van der Waals surface area contributed by atoms with Crippen molar-refractivity contribution in [2.24, 2.45) is 5.92 Å². The van der Waals surface area contributed by atoms with E-state index in [4.69, 9.17) is 5.11 Å². The van der Waals surface area contributed by atoms with Gasteiger partial charge in [0.15, 0.2) is 0 Å². The molecule has 1 heterocycles. The van der Waals surface area contributed by atoms with Crippen LogP contribution in [-0.4, -0.2) is 35.0 Å². The van der Waals surface area contributed by atoms with Gasteiger partial charge in [-0.1, -0.05) is 15.9 Å². The topological polar surface area (TPSA) is 57.6 Å². The first-order valence-corrected chi connectivity index (χ1v) is 7.53. The molecule has 1 aliphatic rings. The standard InChI is InChI=1S/C15H18BrNO3/c1-10-6-12(8-13(16)7-10)15(20)17-5-4-11(9-17)2-3-14(18)19/h6-8,11H,2-5,9H2,1H3,(H,18,19). The van der Waals surface area contributed by atoms with E-state index in [0.717, 1.165) is 16.5 Å². The summed E-state index contributed by atoms with van der Waals surface area (Å²) in [6, 6.07) is 5.69. The van der Waals surface area contributed by atoms with E-state index in [0.29, 0.717) is 31.0 Å². The molecule has 1 aromatic rings. The zero-order valence-corrected chi connectivity index (χ0v) is 13.0. The van der Waals surface area contributed by atoms with Crippen LogP contribution in [0.1, 0.15) is 35.2 Å². The monoisotopic (exact) mass is 339 g/mol. The van der Waals surface area contributed by atoms with Gasteiger partial charge in [-0.05, 0) is 49.4 Å². The molecule has 1 N–H and O–H groups in total. The maximum atomic E-state index is 12.4. The third kappa shape index (κ3) is 3.82. The fourth-order valence-electron chi connectivity index (χ4n) is 2.62. The zero-order chi connectivity index (χ0) is 14.7. The number of carboxylic acid groups (broad SMARTS) is 1. The molecule has 0 bridgehead atoms. The van der Waals surface area contributed by atoms with E-state index in [1.807, 2.05) is 30.0 Å². The number of benzene rings is 1. The maximum Gasteiger partial charge on any atom is 0.303 e. The maximum absolute atomic E-state index is 12.4. The number of aryl methyl sites for hydroxylation is 1. The van der Waals surface area contributed by atoms with Gasteiger partial charge in [0.05, 0.1) is 0 Å². The van der Waals surface area contributed by atoms with Gasteiger partial charge in [0, 0.05) is 29.5 Å². The molecule has 1 atom stereocenters. The Morgan fingerprint density at radius 1 is 1.40 bits per heavy atom. The van der Waals surface area contributed by atoms with Crippen LogP contribution in [0.3, 0.4) is 0 Å². The number of hydrogen-bond donors (Lipinski definition) is 1. The summed E-state index contributed by atoms with van der Waals surface area (Å²) in [7, 11) is 0. The van der Waals surface area contributed by atoms with E-state index >= 15 is 0 Å². The lowest BCUT2D eigenvalue weighted by Gasteiger charge is -2.17. The second-order valence-corrected chi connectivity index (χ2v) is 6.27. The summed E-state index contributed by atoms with van der Waals surface area (Å²) in [6.45, 7) is 3.34.